The van der Waals surface area contributed by atoms with Crippen molar-refractivity contribution in [2.24, 2.45) is 0 Å². The van der Waals surface area contributed by atoms with Crippen molar-refractivity contribution in [2.45, 2.75) is 18.7 Å². The first-order chi connectivity index (χ1) is 14.6. The zero-order chi connectivity index (χ0) is 23.2. The summed E-state index contributed by atoms with van der Waals surface area (Å²) in [6.07, 6.45) is 0. The maximum atomic E-state index is 14.5. The molecule has 0 aliphatic carbocycles. The Kier molecular flexibility index (Phi) is 7.95. The average molecular weight is 453 g/mol. The van der Waals surface area contributed by atoms with Crippen LogP contribution in [0.25, 0.3) is 0 Å². The second-order valence-corrected chi connectivity index (χ2v) is 8.28. The van der Waals surface area contributed by atoms with Crippen molar-refractivity contribution < 1.29 is 31.9 Å². The first-order valence-corrected chi connectivity index (χ1v) is 10.7. The minimum Gasteiger partial charge on any atom is -0.493 e. The van der Waals surface area contributed by atoms with Crippen molar-refractivity contribution in [2.75, 3.05) is 37.9 Å². The molecular formula is C20H24FN3O6S. The minimum atomic E-state index is -4.33. The summed E-state index contributed by atoms with van der Waals surface area (Å²) in [5.41, 5.74) is 0.956. The summed E-state index contributed by atoms with van der Waals surface area (Å²) in [6.45, 7) is 2.31. The number of hydrogen-bond acceptors (Lipinski definition) is 6. The van der Waals surface area contributed by atoms with Crippen LogP contribution in [0.15, 0.2) is 41.3 Å². The number of methoxy groups -OCH3 is 2. The molecule has 9 nitrogen and oxygen atoms in total. The van der Waals surface area contributed by atoms with E-state index in [1.54, 1.807) is 24.3 Å². The van der Waals surface area contributed by atoms with Crippen molar-refractivity contribution in [3.05, 3.63) is 42.2 Å². The molecule has 0 aliphatic heterocycles. The van der Waals surface area contributed by atoms with E-state index in [0.717, 1.165) is 16.4 Å². The van der Waals surface area contributed by atoms with Crippen LogP contribution in [0, 0.1) is 5.82 Å². The SMILES string of the molecule is CCN(CC(=O)Nc1ccc(NC(C)=O)cc1)S(=O)(=O)c1cc(OC)c(OC)cc1F. The van der Waals surface area contributed by atoms with E-state index in [-0.39, 0.29) is 24.0 Å². The average Bonchev–Trinajstić information content (AvgIpc) is 2.72. The fourth-order valence-electron chi connectivity index (χ4n) is 2.74. The van der Waals surface area contributed by atoms with Gasteiger partial charge < -0.3 is 20.1 Å². The largest absolute Gasteiger partial charge is 0.493 e. The Bertz CT molecular complexity index is 1060. The Hall–Kier alpha value is -3.18. The molecule has 0 saturated carbocycles. The summed E-state index contributed by atoms with van der Waals surface area (Å²) in [5.74, 6) is -1.78. The van der Waals surface area contributed by atoms with E-state index in [1.165, 1.54) is 28.1 Å². The lowest BCUT2D eigenvalue weighted by Gasteiger charge is -2.21. The van der Waals surface area contributed by atoms with Crippen LogP contribution in [0.2, 0.25) is 0 Å². The van der Waals surface area contributed by atoms with E-state index in [1.807, 2.05) is 0 Å². The maximum Gasteiger partial charge on any atom is 0.246 e. The molecule has 11 heteroatoms. The number of nitrogens with zero attached hydrogens (tertiary/aromatic N) is 1. The Morgan fingerprint density at radius 1 is 1.00 bits per heavy atom. The number of ether oxygens (including phenoxy) is 2. The van der Waals surface area contributed by atoms with Crippen molar-refractivity contribution in [1.82, 2.24) is 4.31 Å². The number of amides is 2. The normalized spacial score (nSPS) is 11.2. The van der Waals surface area contributed by atoms with Gasteiger partial charge in [-0.3, -0.25) is 9.59 Å². The third-order valence-electron chi connectivity index (χ3n) is 4.22. The molecule has 2 aromatic rings. The van der Waals surface area contributed by atoms with Gasteiger partial charge in [-0.1, -0.05) is 6.92 Å². The number of nitrogens with one attached hydrogen (secondary N) is 2. The van der Waals surface area contributed by atoms with Gasteiger partial charge in [0.25, 0.3) is 0 Å². The summed E-state index contributed by atoms with van der Waals surface area (Å²) < 4.78 is 51.3. The zero-order valence-corrected chi connectivity index (χ0v) is 18.4. The topological polar surface area (TPSA) is 114 Å². The van der Waals surface area contributed by atoms with Crippen molar-refractivity contribution in [3.8, 4) is 11.5 Å². The molecular weight excluding hydrogens is 429 g/mol. The number of hydrogen-bond donors (Lipinski definition) is 2. The Balaban J connectivity index is 2.19. The van der Waals surface area contributed by atoms with Crippen LogP contribution in [0.1, 0.15) is 13.8 Å². The minimum absolute atomic E-state index is 0.0437. The third-order valence-corrected chi connectivity index (χ3v) is 6.15. The van der Waals surface area contributed by atoms with Crippen LogP contribution in [0.3, 0.4) is 0 Å². The number of sulfonamides is 1. The quantitative estimate of drug-likeness (QED) is 0.603. The fraction of sp³-hybridized carbons (Fsp3) is 0.300. The van der Waals surface area contributed by atoms with Gasteiger partial charge in [-0.25, -0.2) is 12.8 Å². The molecule has 2 amide bonds. The second kappa shape index (κ2) is 10.2. The molecule has 0 spiro atoms. The number of benzene rings is 2. The summed E-state index contributed by atoms with van der Waals surface area (Å²) in [4.78, 5) is 22.8. The standard InChI is InChI=1S/C20H24FN3O6S/c1-5-24(12-20(26)23-15-8-6-14(7-9-15)22-13(2)25)31(27,28)19-11-18(30-4)17(29-3)10-16(19)21/h6-11H,5,12H2,1-4H3,(H,22,25)(H,23,26). The molecule has 2 rings (SSSR count). The van der Waals surface area contributed by atoms with Crippen LogP contribution in [-0.4, -0.2) is 51.8 Å². The molecule has 0 aromatic heterocycles. The molecule has 0 atom stereocenters. The van der Waals surface area contributed by atoms with Gasteiger partial charge in [0.2, 0.25) is 21.8 Å². The molecule has 168 valence electrons. The summed E-state index contributed by atoms with van der Waals surface area (Å²) in [7, 11) is -1.73. The van der Waals surface area contributed by atoms with Gasteiger partial charge in [0, 0.05) is 37.0 Å². The van der Waals surface area contributed by atoms with Crippen LogP contribution < -0.4 is 20.1 Å². The molecule has 0 heterocycles. The van der Waals surface area contributed by atoms with E-state index in [9.17, 15) is 22.4 Å². The number of carbonyl (C=O) groups excluding carboxylic acids is 2. The van der Waals surface area contributed by atoms with Crippen molar-refractivity contribution in [3.63, 3.8) is 0 Å². The fourth-order valence-corrected chi connectivity index (χ4v) is 4.21. The van der Waals surface area contributed by atoms with Gasteiger partial charge in [-0.05, 0) is 24.3 Å². The number of rotatable bonds is 9. The molecule has 2 N–H and O–H groups in total. The van der Waals surface area contributed by atoms with E-state index in [0.29, 0.717) is 11.4 Å². The van der Waals surface area contributed by atoms with Crippen LogP contribution in [0.4, 0.5) is 15.8 Å². The highest BCUT2D eigenvalue weighted by atomic mass is 32.2. The van der Waals surface area contributed by atoms with Gasteiger partial charge in [0.15, 0.2) is 11.5 Å². The summed E-state index contributed by atoms with van der Waals surface area (Å²) >= 11 is 0. The van der Waals surface area contributed by atoms with Gasteiger partial charge in [0.05, 0.1) is 20.8 Å². The predicted octanol–water partition coefficient (Wildman–Crippen LogP) is 2.45. The van der Waals surface area contributed by atoms with Crippen LogP contribution >= 0.6 is 0 Å². The summed E-state index contributed by atoms with van der Waals surface area (Å²) in [5, 5.41) is 5.16. The maximum absolute atomic E-state index is 14.5. The Morgan fingerprint density at radius 2 is 1.52 bits per heavy atom. The van der Waals surface area contributed by atoms with E-state index >= 15 is 0 Å². The molecule has 0 bridgehead atoms. The first kappa shape index (κ1) is 24.1. The number of halogens is 1. The molecule has 0 radical (unpaired) electrons. The van der Waals surface area contributed by atoms with Gasteiger partial charge >= 0.3 is 0 Å². The molecule has 2 aromatic carbocycles. The third kappa shape index (κ3) is 5.92. The zero-order valence-electron chi connectivity index (χ0n) is 17.6. The molecule has 0 fully saturated rings. The van der Waals surface area contributed by atoms with E-state index in [4.69, 9.17) is 9.47 Å². The van der Waals surface area contributed by atoms with Crippen molar-refractivity contribution >= 4 is 33.2 Å². The van der Waals surface area contributed by atoms with Crippen LogP contribution in [0.5, 0.6) is 11.5 Å². The molecule has 31 heavy (non-hydrogen) atoms. The highest BCUT2D eigenvalue weighted by Crippen LogP contribution is 2.33. The highest BCUT2D eigenvalue weighted by Gasteiger charge is 2.30. The smallest absolute Gasteiger partial charge is 0.246 e. The van der Waals surface area contributed by atoms with Gasteiger partial charge in [-0.15, -0.1) is 0 Å². The number of likely N-dealkylation sites (N-methyl/N-ethyl adjacent to an activating group) is 1. The lowest BCUT2D eigenvalue weighted by molar-refractivity contribution is -0.116. The lowest BCUT2D eigenvalue weighted by atomic mass is 10.2. The van der Waals surface area contributed by atoms with Crippen molar-refractivity contribution in [1.29, 1.82) is 0 Å². The highest BCUT2D eigenvalue weighted by molar-refractivity contribution is 7.89. The Labute approximate surface area is 180 Å². The van der Waals surface area contributed by atoms with Crippen LogP contribution in [-0.2, 0) is 19.6 Å². The second-order valence-electron chi connectivity index (χ2n) is 6.38. The summed E-state index contributed by atoms with van der Waals surface area (Å²) in [6, 6.07) is 8.22. The first-order valence-electron chi connectivity index (χ1n) is 9.21. The molecule has 0 unspecified atom stereocenters. The van der Waals surface area contributed by atoms with E-state index < -0.39 is 33.2 Å². The molecule has 0 aliphatic rings. The Morgan fingerprint density at radius 3 is 2.00 bits per heavy atom. The monoisotopic (exact) mass is 453 g/mol. The molecule has 0 saturated heterocycles. The number of carbonyl (C=O) groups is 2. The van der Waals surface area contributed by atoms with E-state index in [2.05, 4.69) is 10.6 Å². The predicted molar refractivity (Wildman–Crippen MR) is 113 cm³/mol. The lowest BCUT2D eigenvalue weighted by Crippen LogP contribution is -2.38. The van der Waals surface area contributed by atoms with Gasteiger partial charge in [-0.2, -0.15) is 4.31 Å². The number of anilines is 2. The van der Waals surface area contributed by atoms with Gasteiger partial charge in [0.1, 0.15) is 10.7 Å².